The molecule has 0 radical (unpaired) electrons. The van der Waals surface area contributed by atoms with Gasteiger partial charge in [-0.05, 0) is 30.4 Å². The standard InChI is InChI=1S/C19H27N3O5/c1-12-6-5-7-15(13(12)2)20-18(23)11-27-19(24)14-8-9-16(21(3)4)17(10-14)22(25)26/h8-10,12-13,15H,5-7,11H2,1-4H3,(H,20,23)/t12-,13+,15+/m0/s1. The highest BCUT2D eigenvalue weighted by molar-refractivity contribution is 5.93. The lowest BCUT2D eigenvalue weighted by Gasteiger charge is -2.34. The number of carbonyl (C=O) groups is 2. The van der Waals surface area contributed by atoms with Gasteiger partial charge in [-0.15, -0.1) is 0 Å². The number of benzene rings is 1. The van der Waals surface area contributed by atoms with Gasteiger partial charge in [-0.25, -0.2) is 4.79 Å². The first kappa shape index (κ1) is 20.7. The van der Waals surface area contributed by atoms with Crippen LogP contribution in [0.4, 0.5) is 11.4 Å². The summed E-state index contributed by atoms with van der Waals surface area (Å²) in [6, 6.07) is 4.19. The van der Waals surface area contributed by atoms with Crippen molar-refractivity contribution >= 4 is 23.3 Å². The van der Waals surface area contributed by atoms with Crippen LogP contribution in [-0.2, 0) is 9.53 Å². The molecule has 3 atom stereocenters. The van der Waals surface area contributed by atoms with Crippen LogP contribution in [0.15, 0.2) is 18.2 Å². The van der Waals surface area contributed by atoms with Gasteiger partial charge in [0.25, 0.3) is 11.6 Å². The minimum absolute atomic E-state index is 0.0414. The third-order valence-corrected chi connectivity index (χ3v) is 5.28. The van der Waals surface area contributed by atoms with E-state index in [0.29, 0.717) is 17.5 Å². The van der Waals surface area contributed by atoms with E-state index in [-0.39, 0.29) is 23.2 Å². The van der Waals surface area contributed by atoms with Gasteiger partial charge in [0.2, 0.25) is 0 Å². The molecule has 148 valence electrons. The van der Waals surface area contributed by atoms with Gasteiger partial charge in [-0.3, -0.25) is 14.9 Å². The molecule has 8 nitrogen and oxygen atoms in total. The predicted molar refractivity (Wildman–Crippen MR) is 102 cm³/mol. The predicted octanol–water partition coefficient (Wildman–Crippen LogP) is 2.76. The monoisotopic (exact) mass is 377 g/mol. The van der Waals surface area contributed by atoms with Crippen molar-refractivity contribution in [2.45, 2.75) is 39.2 Å². The molecule has 1 aromatic rings. The van der Waals surface area contributed by atoms with Crippen LogP contribution >= 0.6 is 0 Å². The summed E-state index contributed by atoms with van der Waals surface area (Å²) in [6.45, 7) is 3.89. The maximum Gasteiger partial charge on any atom is 0.338 e. The summed E-state index contributed by atoms with van der Waals surface area (Å²) < 4.78 is 5.04. The Hall–Kier alpha value is -2.64. The van der Waals surface area contributed by atoms with Crippen molar-refractivity contribution in [1.29, 1.82) is 0 Å². The number of ether oxygens (including phenoxy) is 1. The second-order valence-corrected chi connectivity index (χ2v) is 7.37. The van der Waals surface area contributed by atoms with Crippen LogP contribution in [0.3, 0.4) is 0 Å². The van der Waals surface area contributed by atoms with E-state index in [1.807, 2.05) is 0 Å². The lowest BCUT2D eigenvalue weighted by molar-refractivity contribution is -0.384. The van der Waals surface area contributed by atoms with E-state index < -0.39 is 17.5 Å². The summed E-state index contributed by atoms with van der Waals surface area (Å²) >= 11 is 0. The fourth-order valence-electron chi connectivity index (χ4n) is 3.42. The van der Waals surface area contributed by atoms with Gasteiger partial charge in [-0.1, -0.05) is 26.7 Å². The van der Waals surface area contributed by atoms with Crippen molar-refractivity contribution in [2.24, 2.45) is 11.8 Å². The first-order valence-electron chi connectivity index (χ1n) is 9.13. The zero-order valence-corrected chi connectivity index (χ0v) is 16.2. The molecule has 8 heteroatoms. The molecule has 0 unspecified atom stereocenters. The number of anilines is 1. The smallest absolute Gasteiger partial charge is 0.338 e. The van der Waals surface area contributed by atoms with E-state index in [9.17, 15) is 19.7 Å². The van der Waals surface area contributed by atoms with Crippen LogP contribution in [0.1, 0.15) is 43.5 Å². The normalized spacial score (nSPS) is 22.0. The second kappa shape index (κ2) is 8.83. The molecule has 1 aliphatic rings. The molecule has 1 fully saturated rings. The molecule has 0 saturated heterocycles. The van der Waals surface area contributed by atoms with E-state index in [0.717, 1.165) is 19.3 Å². The van der Waals surface area contributed by atoms with Crippen molar-refractivity contribution in [3.63, 3.8) is 0 Å². The number of hydrogen-bond acceptors (Lipinski definition) is 6. The molecule has 0 aromatic heterocycles. The van der Waals surface area contributed by atoms with Crippen LogP contribution in [0.2, 0.25) is 0 Å². The van der Waals surface area contributed by atoms with Crippen molar-refractivity contribution in [3.05, 3.63) is 33.9 Å². The third-order valence-electron chi connectivity index (χ3n) is 5.28. The molecular weight excluding hydrogens is 350 g/mol. The Kier molecular flexibility index (Phi) is 6.76. The number of nitro groups is 1. The molecular formula is C19H27N3O5. The first-order chi connectivity index (χ1) is 12.7. The molecule has 1 saturated carbocycles. The van der Waals surface area contributed by atoms with Crippen LogP contribution in [0.5, 0.6) is 0 Å². The number of carbonyl (C=O) groups excluding carboxylic acids is 2. The van der Waals surface area contributed by atoms with Gasteiger partial charge >= 0.3 is 5.97 Å². The van der Waals surface area contributed by atoms with Crippen LogP contribution in [0.25, 0.3) is 0 Å². The lowest BCUT2D eigenvalue weighted by Crippen LogP contribution is -2.45. The number of rotatable bonds is 6. The van der Waals surface area contributed by atoms with Crippen molar-refractivity contribution in [1.82, 2.24) is 5.32 Å². The van der Waals surface area contributed by atoms with Gasteiger partial charge in [0, 0.05) is 26.2 Å². The molecule has 1 aromatic carbocycles. The van der Waals surface area contributed by atoms with Crippen molar-refractivity contribution in [2.75, 3.05) is 25.6 Å². The maximum absolute atomic E-state index is 12.2. The van der Waals surface area contributed by atoms with Gasteiger partial charge < -0.3 is 15.0 Å². The quantitative estimate of drug-likeness (QED) is 0.465. The van der Waals surface area contributed by atoms with Crippen LogP contribution in [0, 0.1) is 22.0 Å². The average Bonchev–Trinajstić information content (AvgIpc) is 2.62. The van der Waals surface area contributed by atoms with Crippen LogP contribution in [-0.4, -0.2) is 43.5 Å². The van der Waals surface area contributed by atoms with Gasteiger partial charge in [-0.2, -0.15) is 0 Å². The molecule has 1 aliphatic carbocycles. The van der Waals surface area contributed by atoms with Crippen molar-refractivity contribution in [3.8, 4) is 0 Å². The molecule has 0 bridgehead atoms. The Balaban J connectivity index is 1.96. The summed E-state index contributed by atoms with van der Waals surface area (Å²) in [5.74, 6) is -0.195. The minimum atomic E-state index is -0.761. The van der Waals surface area contributed by atoms with Gasteiger partial charge in [0.15, 0.2) is 6.61 Å². The number of nitrogens with zero attached hydrogens (tertiary/aromatic N) is 2. The molecule has 27 heavy (non-hydrogen) atoms. The van der Waals surface area contributed by atoms with E-state index in [1.54, 1.807) is 19.0 Å². The number of amides is 1. The Labute approximate surface area is 159 Å². The zero-order valence-electron chi connectivity index (χ0n) is 16.2. The maximum atomic E-state index is 12.2. The largest absolute Gasteiger partial charge is 0.452 e. The SMILES string of the molecule is C[C@@H]1[C@@H](C)CCC[C@H]1NC(=O)COC(=O)c1ccc(N(C)C)c([N+](=O)[O-])c1. The highest BCUT2D eigenvalue weighted by Gasteiger charge is 2.28. The van der Waals surface area contributed by atoms with Gasteiger partial charge in [0.1, 0.15) is 5.69 Å². The summed E-state index contributed by atoms with van der Waals surface area (Å²) in [7, 11) is 3.36. The molecule has 0 aliphatic heterocycles. The Morgan fingerprint density at radius 3 is 2.63 bits per heavy atom. The summed E-state index contributed by atoms with van der Waals surface area (Å²) in [5, 5.41) is 14.1. The average molecular weight is 377 g/mol. The second-order valence-electron chi connectivity index (χ2n) is 7.37. The number of hydrogen-bond donors (Lipinski definition) is 1. The Morgan fingerprint density at radius 2 is 2.00 bits per heavy atom. The van der Waals surface area contributed by atoms with Gasteiger partial charge in [0.05, 0.1) is 10.5 Å². The van der Waals surface area contributed by atoms with E-state index in [1.165, 1.54) is 18.2 Å². The number of esters is 1. The Morgan fingerprint density at radius 1 is 1.30 bits per heavy atom. The van der Waals surface area contributed by atoms with Crippen LogP contribution < -0.4 is 10.2 Å². The minimum Gasteiger partial charge on any atom is -0.452 e. The zero-order chi connectivity index (χ0) is 20.1. The van der Waals surface area contributed by atoms with E-state index >= 15 is 0 Å². The summed E-state index contributed by atoms with van der Waals surface area (Å²) in [5.41, 5.74) is 0.235. The summed E-state index contributed by atoms with van der Waals surface area (Å²) in [4.78, 5) is 36.5. The highest BCUT2D eigenvalue weighted by atomic mass is 16.6. The highest BCUT2D eigenvalue weighted by Crippen LogP contribution is 2.30. The molecule has 0 heterocycles. The summed E-state index contributed by atoms with van der Waals surface area (Å²) in [6.07, 6.45) is 3.14. The fourth-order valence-corrected chi connectivity index (χ4v) is 3.42. The lowest BCUT2D eigenvalue weighted by atomic mass is 9.78. The first-order valence-corrected chi connectivity index (χ1v) is 9.13. The van der Waals surface area contributed by atoms with E-state index in [4.69, 9.17) is 4.74 Å². The number of nitrogens with one attached hydrogen (secondary N) is 1. The number of nitro benzene ring substituents is 1. The third kappa shape index (κ3) is 5.18. The fraction of sp³-hybridized carbons (Fsp3) is 0.579. The molecule has 1 N–H and O–H groups in total. The molecule has 1 amide bonds. The Bertz CT molecular complexity index is 719. The van der Waals surface area contributed by atoms with E-state index in [2.05, 4.69) is 19.2 Å². The van der Waals surface area contributed by atoms with Crippen molar-refractivity contribution < 1.29 is 19.2 Å². The molecule has 2 rings (SSSR count). The molecule has 0 spiro atoms. The topological polar surface area (TPSA) is 102 Å².